The van der Waals surface area contributed by atoms with Crippen LogP contribution < -0.4 is 0 Å². The van der Waals surface area contributed by atoms with Gasteiger partial charge in [0.05, 0.1) is 0 Å². The Hall–Kier alpha value is 0.0800. The molecule has 0 saturated carbocycles. The smallest absolute Gasteiger partial charge is 0.306 e. The first kappa shape index (κ1) is 12.1. The van der Waals surface area contributed by atoms with Crippen LogP contribution in [0.5, 0.6) is 0 Å². The van der Waals surface area contributed by atoms with Crippen molar-refractivity contribution in [2.75, 3.05) is 6.61 Å². The van der Waals surface area contributed by atoms with E-state index in [0.717, 1.165) is 0 Å². The highest BCUT2D eigenvalue weighted by Crippen LogP contribution is 2.31. The van der Waals surface area contributed by atoms with E-state index in [2.05, 4.69) is 11.3 Å². The highest BCUT2D eigenvalue weighted by molar-refractivity contribution is 6.67. The molecular formula is C7H9Cl3O2. The Bertz CT molecular complexity index is 163. The van der Waals surface area contributed by atoms with Crippen LogP contribution in [0.25, 0.3) is 0 Å². The number of hydrogen-bond acceptors (Lipinski definition) is 2. The third-order valence-corrected chi connectivity index (χ3v) is 1.54. The molecule has 12 heavy (non-hydrogen) atoms. The number of alkyl halides is 3. The van der Waals surface area contributed by atoms with Gasteiger partial charge in [-0.1, -0.05) is 47.5 Å². The van der Waals surface area contributed by atoms with Crippen LogP contribution in [0.15, 0.2) is 12.7 Å². The quantitative estimate of drug-likeness (QED) is 0.422. The number of hydrogen-bond donors (Lipinski definition) is 0. The second-order valence-corrected chi connectivity index (χ2v) is 4.60. The van der Waals surface area contributed by atoms with Crippen molar-refractivity contribution in [1.29, 1.82) is 0 Å². The van der Waals surface area contributed by atoms with Crippen LogP contribution in [0.1, 0.15) is 12.8 Å². The van der Waals surface area contributed by atoms with E-state index in [4.69, 9.17) is 34.8 Å². The van der Waals surface area contributed by atoms with Crippen LogP contribution in [0, 0.1) is 0 Å². The Morgan fingerprint density at radius 3 is 2.50 bits per heavy atom. The fourth-order valence-electron chi connectivity index (χ4n) is 0.468. The minimum atomic E-state index is -1.38. The maximum absolute atomic E-state index is 10.8. The number of esters is 1. The third-order valence-electron chi connectivity index (χ3n) is 0.975. The van der Waals surface area contributed by atoms with Gasteiger partial charge in [0.2, 0.25) is 0 Å². The largest absolute Gasteiger partial charge is 0.461 e. The summed E-state index contributed by atoms with van der Waals surface area (Å²) in [5, 5.41) is 0. The van der Waals surface area contributed by atoms with Gasteiger partial charge in [0.1, 0.15) is 6.61 Å². The summed E-state index contributed by atoms with van der Waals surface area (Å²) in [6.45, 7) is 3.58. The zero-order valence-corrected chi connectivity index (χ0v) is 8.62. The van der Waals surface area contributed by atoms with Crippen molar-refractivity contribution in [3.8, 4) is 0 Å². The lowest BCUT2D eigenvalue weighted by Crippen LogP contribution is -2.09. The van der Waals surface area contributed by atoms with Crippen molar-refractivity contribution in [1.82, 2.24) is 0 Å². The summed E-state index contributed by atoms with van der Waals surface area (Å²) in [6.07, 6.45) is 1.74. The molecular weight excluding hydrogens is 222 g/mol. The van der Waals surface area contributed by atoms with Crippen LogP contribution in [-0.4, -0.2) is 16.4 Å². The van der Waals surface area contributed by atoms with E-state index in [1.807, 2.05) is 0 Å². The maximum Gasteiger partial charge on any atom is 0.306 e. The average Bonchev–Trinajstić information content (AvgIpc) is 1.95. The van der Waals surface area contributed by atoms with Gasteiger partial charge in [-0.25, -0.2) is 0 Å². The van der Waals surface area contributed by atoms with Crippen molar-refractivity contribution in [2.24, 2.45) is 0 Å². The number of ether oxygens (including phenoxy) is 1. The predicted molar refractivity (Wildman–Crippen MR) is 50.7 cm³/mol. The van der Waals surface area contributed by atoms with Crippen LogP contribution >= 0.6 is 34.8 Å². The molecule has 5 heteroatoms. The van der Waals surface area contributed by atoms with E-state index in [-0.39, 0.29) is 25.4 Å². The maximum atomic E-state index is 10.8. The molecule has 0 N–H and O–H groups in total. The molecule has 0 aromatic carbocycles. The Labute approximate surface area is 86.4 Å². The number of rotatable bonds is 4. The monoisotopic (exact) mass is 230 g/mol. The molecule has 0 spiro atoms. The fraction of sp³-hybridized carbons (Fsp3) is 0.571. The Balaban J connectivity index is 3.51. The SMILES string of the molecule is C=CCOC(=O)CCC(Cl)(Cl)Cl. The van der Waals surface area contributed by atoms with Gasteiger partial charge in [-0.2, -0.15) is 0 Å². The molecule has 0 aliphatic rings. The van der Waals surface area contributed by atoms with Gasteiger partial charge in [0.15, 0.2) is 3.79 Å². The van der Waals surface area contributed by atoms with E-state index in [1.54, 1.807) is 0 Å². The van der Waals surface area contributed by atoms with Crippen LogP contribution in [0.4, 0.5) is 0 Å². The van der Waals surface area contributed by atoms with E-state index in [1.165, 1.54) is 6.08 Å². The summed E-state index contributed by atoms with van der Waals surface area (Å²) in [6, 6.07) is 0. The van der Waals surface area contributed by atoms with Crippen LogP contribution in [0.2, 0.25) is 0 Å². The lowest BCUT2D eigenvalue weighted by Gasteiger charge is -2.08. The van der Waals surface area contributed by atoms with Crippen molar-refractivity contribution < 1.29 is 9.53 Å². The first-order valence-corrected chi connectivity index (χ1v) is 4.42. The van der Waals surface area contributed by atoms with Gasteiger partial charge in [-0.15, -0.1) is 0 Å². The van der Waals surface area contributed by atoms with Crippen molar-refractivity contribution in [2.45, 2.75) is 16.6 Å². The Morgan fingerprint density at radius 2 is 2.08 bits per heavy atom. The van der Waals surface area contributed by atoms with E-state index < -0.39 is 3.79 Å². The third kappa shape index (κ3) is 8.18. The molecule has 0 atom stereocenters. The number of carbonyl (C=O) groups excluding carboxylic acids is 1. The molecule has 0 radical (unpaired) electrons. The summed E-state index contributed by atoms with van der Waals surface area (Å²) >= 11 is 16.2. The lowest BCUT2D eigenvalue weighted by atomic mass is 10.3. The topological polar surface area (TPSA) is 26.3 Å². The van der Waals surface area contributed by atoms with E-state index >= 15 is 0 Å². The minimum absolute atomic E-state index is 0.102. The Morgan fingerprint density at radius 1 is 1.50 bits per heavy atom. The molecule has 0 fully saturated rings. The van der Waals surface area contributed by atoms with Crippen LogP contribution in [0.3, 0.4) is 0 Å². The minimum Gasteiger partial charge on any atom is -0.461 e. The lowest BCUT2D eigenvalue weighted by molar-refractivity contribution is -0.142. The van der Waals surface area contributed by atoms with Crippen molar-refractivity contribution in [3.05, 3.63) is 12.7 Å². The van der Waals surface area contributed by atoms with Gasteiger partial charge in [0.25, 0.3) is 0 Å². The zero-order valence-electron chi connectivity index (χ0n) is 6.36. The molecule has 0 aliphatic carbocycles. The van der Waals surface area contributed by atoms with Crippen LogP contribution in [-0.2, 0) is 9.53 Å². The second-order valence-electron chi connectivity index (χ2n) is 2.09. The fourth-order valence-corrected chi connectivity index (χ4v) is 0.751. The van der Waals surface area contributed by atoms with Gasteiger partial charge < -0.3 is 4.74 Å². The first-order valence-electron chi connectivity index (χ1n) is 3.29. The summed E-state index contributed by atoms with van der Waals surface area (Å²) in [5.74, 6) is -0.388. The molecule has 0 aliphatic heterocycles. The molecule has 0 heterocycles. The standard InChI is InChI=1S/C7H9Cl3O2/c1-2-5-12-6(11)3-4-7(8,9)10/h2H,1,3-5H2. The van der Waals surface area contributed by atoms with Crippen molar-refractivity contribution >= 4 is 40.8 Å². The summed E-state index contributed by atoms with van der Waals surface area (Å²) in [5.41, 5.74) is 0. The predicted octanol–water partition coefficient (Wildman–Crippen LogP) is 2.87. The molecule has 0 aromatic rings. The van der Waals surface area contributed by atoms with Gasteiger partial charge >= 0.3 is 5.97 Å². The Kier molecular flexibility index (Phi) is 5.72. The molecule has 0 aromatic heterocycles. The summed E-state index contributed by atoms with van der Waals surface area (Å²) < 4.78 is 3.27. The molecule has 0 bridgehead atoms. The number of carbonyl (C=O) groups is 1. The van der Waals surface area contributed by atoms with Gasteiger partial charge in [-0.3, -0.25) is 4.79 Å². The average molecular weight is 232 g/mol. The molecule has 0 unspecified atom stereocenters. The highest BCUT2D eigenvalue weighted by atomic mass is 35.6. The zero-order chi connectivity index (χ0) is 9.61. The second kappa shape index (κ2) is 5.68. The molecule has 0 amide bonds. The molecule has 0 saturated heterocycles. The molecule has 2 nitrogen and oxygen atoms in total. The first-order chi connectivity index (χ1) is 5.45. The summed E-state index contributed by atoms with van der Waals surface area (Å²) in [4.78, 5) is 10.8. The summed E-state index contributed by atoms with van der Waals surface area (Å²) in [7, 11) is 0. The van der Waals surface area contributed by atoms with E-state index in [9.17, 15) is 4.79 Å². The highest BCUT2D eigenvalue weighted by Gasteiger charge is 2.21. The number of halogens is 3. The van der Waals surface area contributed by atoms with Gasteiger partial charge in [-0.05, 0) is 0 Å². The van der Waals surface area contributed by atoms with E-state index in [0.29, 0.717) is 0 Å². The normalized spacial score (nSPS) is 10.9. The van der Waals surface area contributed by atoms with Crippen molar-refractivity contribution in [3.63, 3.8) is 0 Å². The molecule has 0 rings (SSSR count). The van der Waals surface area contributed by atoms with Gasteiger partial charge in [0, 0.05) is 12.8 Å². The molecule has 70 valence electrons.